The van der Waals surface area contributed by atoms with Crippen molar-refractivity contribution >= 4 is 11.8 Å². The molecular weight excluding hydrogens is 342 g/mol. The number of benzene rings is 1. The number of nitriles is 1. The summed E-state index contributed by atoms with van der Waals surface area (Å²) in [5, 5.41) is 12.0. The molecule has 27 heavy (non-hydrogen) atoms. The minimum atomic E-state index is -0.991. The van der Waals surface area contributed by atoms with E-state index in [1.165, 1.54) is 7.05 Å². The second kappa shape index (κ2) is 8.04. The summed E-state index contributed by atoms with van der Waals surface area (Å²) in [5.74, 6) is -0.624. The predicted octanol–water partition coefficient (Wildman–Crippen LogP) is 2.30. The first-order valence-electron chi connectivity index (χ1n) is 9.09. The Labute approximate surface area is 158 Å². The predicted molar refractivity (Wildman–Crippen MR) is 99.4 cm³/mol. The number of rotatable bonds is 5. The molecule has 2 aromatic rings. The number of aromatic nitrogens is 2. The lowest BCUT2D eigenvalue weighted by molar-refractivity contribution is -0.135. The van der Waals surface area contributed by atoms with E-state index in [2.05, 4.69) is 10.3 Å². The Kier molecular flexibility index (Phi) is 5.55. The van der Waals surface area contributed by atoms with E-state index < -0.39 is 5.54 Å². The number of carbonyl (C=O) groups is 2. The molecule has 0 spiro atoms. The van der Waals surface area contributed by atoms with Crippen LogP contribution in [0.4, 0.5) is 0 Å². The maximum Gasteiger partial charge on any atom is 0.261 e. The van der Waals surface area contributed by atoms with Crippen molar-refractivity contribution in [1.82, 2.24) is 19.8 Å². The van der Waals surface area contributed by atoms with Gasteiger partial charge in [0.25, 0.3) is 11.8 Å². The van der Waals surface area contributed by atoms with E-state index in [1.54, 1.807) is 24.7 Å². The smallest absolute Gasteiger partial charge is 0.261 e. The van der Waals surface area contributed by atoms with Gasteiger partial charge in [0.2, 0.25) is 0 Å². The van der Waals surface area contributed by atoms with Gasteiger partial charge in [-0.3, -0.25) is 14.5 Å². The fourth-order valence-electron chi connectivity index (χ4n) is 3.56. The molecule has 2 amide bonds. The zero-order chi connectivity index (χ0) is 19.3. The van der Waals surface area contributed by atoms with E-state index in [4.69, 9.17) is 5.26 Å². The molecule has 0 radical (unpaired) electrons. The Bertz CT molecular complexity index is 830. The number of nitrogens with one attached hydrogen (secondary N) is 1. The zero-order valence-electron chi connectivity index (χ0n) is 15.4. The summed E-state index contributed by atoms with van der Waals surface area (Å²) in [5.41, 5.74) is 0.564. The first kappa shape index (κ1) is 18.6. The molecule has 1 N–H and O–H groups in total. The summed E-state index contributed by atoms with van der Waals surface area (Å²) in [6.07, 6.45) is 11.1. The van der Waals surface area contributed by atoms with Gasteiger partial charge in [-0.05, 0) is 30.5 Å². The maximum absolute atomic E-state index is 12.8. The molecule has 1 aliphatic carbocycles. The monoisotopic (exact) mass is 365 g/mol. The van der Waals surface area contributed by atoms with Crippen LogP contribution in [0.25, 0.3) is 0 Å². The van der Waals surface area contributed by atoms with Gasteiger partial charge in [0, 0.05) is 31.5 Å². The number of imidazole rings is 1. The molecule has 7 nitrogen and oxygen atoms in total. The van der Waals surface area contributed by atoms with Crippen molar-refractivity contribution in [2.45, 2.75) is 44.2 Å². The van der Waals surface area contributed by atoms with Gasteiger partial charge in [-0.25, -0.2) is 4.98 Å². The summed E-state index contributed by atoms with van der Waals surface area (Å²) in [6, 6.07) is 7.31. The molecule has 0 saturated heterocycles. The number of carbonyl (C=O) groups excluding carboxylic acids is 2. The highest BCUT2D eigenvalue weighted by molar-refractivity contribution is 5.99. The third kappa shape index (κ3) is 4.17. The topological polar surface area (TPSA) is 91.0 Å². The van der Waals surface area contributed by atoms with Crippen molar-refractivity contribution in [3.8, 4) is 6.19 Å². The lowest BCUT2D eigenvalue weighted by Crippen LogP contribution is -2.59. The van der Waals surface area contributed by atoms with Crippen molar-refractivity contribution in [1.29, 1.82) is 5.26 Å². The van der Waals surface area contributed by atoms with Gasteiger partial charge in [-0.1, -0.05) is 31.4 Å². The fraction of sp³-hybridized carbons (Fsp3) is 0.400. The Morgan fingerprint density at radius 3 is 2.56 bits per heavy atom. The largest absolute Gasteiger partial charge is 0.338 e. The molecule has 3 rings (SSSR count). The van der Waals surface area contributed by atoms with Crippen molar-refractivity contribution in [3.05, 3.63) is 54.1 Å². The van der Waals surface area contributed by atoms with Gasteiger partial charge in [-0.15, -0.1) is 0 Å². The summed E-state index contributed by atoms with van der Waals surface area (Å²) >= 11 is 0. The van der Waals surface area contributed by atoms with Gasteiger partial charge in [0.15, 0.2) is 6.19 Å². The molecule has 7 heteroatoms. The van der Waals surface area contributed by atoms with Gasteiger partial charge in [-0.2, -0.15) is 5.26 Å². The van der Waals surface area contributed by atoms with E-state index in [0.29, 0.717) is 24.9 Å². The van der Waals surface area contributed by atoms with E-state index in [9.17, 15) is 9.59 Å². The van der Waals surface area contributed by atoms with Crippen molar-refractivity contribution < 1.29 is 9.59 Å². The third-order valence-electron chi connectivity index (χ3n) is 5.06. The Morgan fingerprint density at radius 2 is 1.96 bits per heavy atom. The standard InChI is InChI=1S/C20H23N5O2/c1-24(14-21)19(27)20(9-3-2-4-10-20)23-18(26)17-7-5-16(6-8-17)13-25-12-11-22-15-25/h5-8,11-12,15H,2-4,9-10,13H2,1H3,(H,23,26). The van der Waals surface area contributed by atoms with Crippen LogP contribution in [0.3, 0.4) is 0 Å². The second-order valence-corrected chi connectivity index (χ2v) is 6.99. The Hall–Kier alpha value is -3.14. The molecule has 0 unspecified atom stereocenters. The lowest BCUT2D eigenvalue weighted by atomic mass is 9.80. The lowest BCUT2D eigenvalue weighted by Gasteiger charge is -2.37. The van der Waals surface area contributed by atoms with Crippen LogP contribution in [0.5, 0.6) is 0 Å². The third-order valence-corrected chi connectivity index (χ3v) is 5.06. The van der Waals surface area contributed by atoms with Crippen LogP contribution in [-0.4, -0.2) is 38.9 Å². The fourth-order valence-corrected chi connectivity index (χ4v) is 3.56. The van der Waals surface area contributed by atoms with Crippen molar-refractivity contribution in [3.63, 3.8) is 0 Å². The molecular formula is C20H23N5O2. The molecule has 140 valence electrons. The summed E-state index contributed by atoms with van der Waals surface area (Å²) < 4.78 is 1.95. The number of nitrogens with zero attached hydrogens (tertiary/aromatic N) is 4. The highest BCUT2D eigenvalue weighted by Gasteiger charge is 2.42. The minimum absolute atomic E-state index is 0.286. The van der Waals surface area contributed by atoms with Crippen LogP contribution in [0.15, 0.2) is 43.0 Å². The van der Waals surface area contributed by atoms with Crippen LogP contribution >= 0.6 is 0 Å². The second-order valence-electron chi connectivity index (χ2n) is 6.99. The molecule has 1 saturated carbocycles. The van der Waals surface area contributed by atoms with E-state index in [1.807, 2.05) is 29.1 Å². The average Bonchev–Trinajstić information content (AvgIpc) is 3.21. The highest BCUT2D eigenvalue weighted by Crippen LogP contribution is 2.30. The minimum Gasteiger partial charge on any atom is -0.338 e. The van der Waals surface area contributed by atoms with Crippen molar-refractivity contribution in [2.24, 2.45) is 0 Å². The molecule has 1 aromatic carbocycles. The van der Waals surface area contributed by atoms with Gasteiger partial charge in [0.05, 0.1) is 6.33 Å². The average molecular weight is 365 g/mol. The molecule has 1 aromatic heterocycles. The summed E-state index contributed by atoms with van der Waals surface area (Å²) in [7, 11) is 1.44. The molecule has 0 bridgehead atoms. The quantitative estimate of drug-likeness (QED) is 0.650. The highest BCUT2D eigenvalue weighted by atomic mass is 16.2. The van der Waals surface area contributed by atoms with E-state index in [0.717, 1.165) is 29.7 Å². The maximum atomic E-state index is 12.8. The number of likely N-dealkylation sites (N-methyl/N-ethyl adjacent to an activating group) is 1. The SMILES string of the molecule is CN(C#N)C(=O)C1(NC(=O)c2ccc(Cn3ccnc3)cc2)CCCCC1. The number of hydrogen-bond acceptors (Lipinski definition) is 4. The van der Waals surface area contributed by atoms with Crippen LogP contribution in [0.2, 0.25) is 0 Å². The molecule has 0 aliphatic heterocycles. The number of amides is 2. The zero-order valence-corrected chi connectivity index (χ0v) is 15.4. The summed E-state index contributed by atoms with van der Waals surface area (Å²) in [6.45, 7) is 0.678. The van der Waals surface area contributed by atoms with Crippen LogP contribution in [0.1, 0.15) is 48.0 Å². The van der Waals surface area contributed by atoms with Crippen molar-refractivity contribution in [2.75, 3.05) is 7.05 Å². The van der Waals surface area contributed by atoms with Gasteiger partial charge >= 0.3 is 0 Å². The molecule has 1 aliphatic rings. The normalized spacial score (nSPS) is 15.6. The van der Waals surface area contributed by atoms with Gasteiger partial charge in [0.1, 0.15) is 5.54 Å². The van der Waals surface area contributed by atoms with Gasteiger partial charge < -0.3 is 9.88 Å². The van der Waals surface area contributed by atoms with Crippen LogP contribution in [0, 0.1) is 11.5 Å². The summed E-state index contributed by atoms with van der Waals surface area (Å²) in [4.78, 5) is 30.5. The van der Waals surface area contributed by atoms with Crippen LogP contribution < -0.4 is 5.32 Å². The first-order chi connectivity index (χ1) is 13.0. The van der Waals surface area contributed by atoms with E-state index in [-0.39, 0.29) is 11.8 Å². The molecule has 1 fully saturated rings. The number of hydrogen-bond donors (Lipinski definition) is 1. The Balaban J connectivity index is 1.73. The first-order valence-corrected chi connectivity index (χ1v) is 9.09. The Morgan fingerprint density at radius 1 is 1.26 bits per heavy atom. The molecule has 0 atom stereocenters. The molecule has 1 heterocycles. The van der Waals surface area contributed by atoms with Crippen LogP contribution in [-0.2, 0) is 11.3 Å². The van der Waals surface area contributed by atoms with E-state index >= 15 is 0 Å².